The van der Waals surface area contributed by atoms with Gasteiger partial charge < -0.3 is 9.47 Å². The van der Waals surface area contributed by atoms with Crippen molar-refractivity contribution in [1.82, 2.24) is 14.9 Å². The summed E-state index contributed by atoms with van der Waals surface area (Å²) in [6.45, 7) is 4.61. The Labute approximate surface area is 194 Å². The van der Waals surface area contributed by atoms with Crippen LogP contribution in [0.3, 0.4) is 0 Å². The lowest BCUT2D eigenvalue weighted by Crippen LogP contribution is -2.32. The summed E-state index contributed by atoms with van der Waals surface area (Å²) in [4.78, 5) is 11.3. The Morgan fingerprint density at radius 2 is 1.91 bits per heavy atom. The smallest absolute Gasteiger partial charge is 0.216 e. The minimum Gasteiger partial charge on any atom is -0.493 e. The number of likely N-dealkylation sites (tertiary alicyclic amines) is 1. The van der Waals surface area contributed by atoms with Gasteiger partial charge in [0.05, 0.1) is 18.1 Å². The molecule has 2 aliphatic heterocycles. The second kappa shape index (κ2) is 8.76. The standard InChI is InChI=1S/C25H27N3O4S/c1-17-26-12-11-24(27-17)32-15-19-14-28(13-18-7-9-20(10-8-18)33(2,29)30)25-21-5-3-4-6-23(21)31-16-22(19)25/h3-12,19,22,25H,13-16H2,1-2H3/t19-,22-,25-/m0/s1. The van der Waals surface area contributed by atoms with E-state index < -0.39 is 9.84 Å². The lowest BCUT2D eigenvalue weighted by molar-refractivity contribution is 0.121. The Morgan fingerprint density at radius 1 is 1.12 bits per heavy atom. The van der Waals surface area contributed by atoms with E-state index in [4.69, 9.17) is 9.47 Å². The Kier molecular flexibility index (Phi) is 5.80. The fourth-order valence-electron chi connectivity index (χ4n) is 4.90. The molecule has 2 aliphatic rings. The fourth-order valence-corrected chi connectivity index (χ4v) is 5.53. The van der Waals surface area contributed by atoms with E-state index in [0.29, 0.717) is 29.8 Å². The van der Waals surface area contributed by atoms with E-state index in [9.17, 15) is 8.42 Å². The van der Waals surface area contributed by atoms with Crippen LogP contribution >= 0.6 is 0 Å². The number of aromatic nitrogens is 2. The fraction of sp³-hybridized carbons (Fsp3) is 0.360. The number of nitrogens with zero attached hydrogens (tertiary/aromatic N) is 3. The van der Waals surface area contributed by atoms with Crippen LogP contribution in [0.1, 0.15) is 23.0 Å². The van der Waals surface area contributed by atoms with Crippen molar-refractivity contribution in [2.45, 2.75) is 24.4 Å². The van der Waals surface area contributed by atoms with Crippen LogP contribution in [0.4, 0.5) is 0 Å². The highest BCUT2D eigenvalue weighted by molar-refractivity contribution is 7.90. The molecule has 2 aromatic carbocycles. The summed E-state index contributed by atoms with van der Waals surface area (Å²) < 4.78 is 35.8. The van der Waals surface area contributed by atoms with Crippen LogP contribution in [0.15, 0.2) is 65.7 Å². The van der Waals surface area contributed by atoms with Gasteiger partial charge in [0.2, 0.25) is 5.88 Å². The minimum absolute atomic E-state index is 0.213. The number of rotatable bonds is 6. The molecule has 1 aromatic heterocycles. The van der Waals surface area contributed by atoms with Crippen molar-refractivity contribution < 1.29 is 17.9 Å². The van der Waals surface area contributed by atoms with Crippen molar-refractivity contribution in [3.05, 3.63) is 77.7 Å². The number of benzene rings is 2. The zero-order chi connectivity index (χ0) is 23.0. The molecule has 8 heteroatoms. The maximum atomic E-state index is 11.8. The molecule has 0 radical (unpaired) electrons. The van der Waals surface area contributed by atoms with Crippen LogP contribution in [-0.4, -0.2) is 49.3 Å². The third-order valence-corrected chi connectivity index (χ3v) is 7.60. The summed E-state index contributed by atoms with van der Waals surface area (Å²) in [6.07, 6.45) is 2.94. The predicted octanol–water partition coefficient (Wildman–Crippen LogP) is 3.45. The van der Waals surface area contributed by atoms with E-state index in [2.05, 4.69) is 27.0 Å². The van der Waals surface area contributed by atoms with Crippen LogP contribution < -0.4 is 9.47 Å². The molecule has 7 nitrogen and oxygen atoms in total. The molecule has 5 rings (SSSR count). The largest absolute Gasteiger partial charge is 0.493 e. The van der Waals surface area contributed by atoms with Crippen molar-refractivity contribution in [1.29, 1.82) is 0 Å². The first kappa shape index (κ1) is 21.9. The summed E-state index contributed by atoms with van der Waals surface area (Å²) in [5.74, 6) is 2.77. The molecule has 1 saturated heterocycles. The number of hydrogen-bond acceptors (Lipinski definition) is 7. The van der Waals surface area contributed by atoms with E-state index in [1.165, 1.54) is 11.8 Å². The number of hydrogen-bond donors (Lipinski definition) is 0. The molecule has 0 N–H and O–H groups in total. The normalized spacial score (nSPS) is 22.3. The number of sulfone groups is 1. The van der Waals surface area contributed by atoms with Gasteiger partial charge in [-0.3, -0.25) is 4.90 Å². The first-order chi connectivity index (χ1) is 15.9. The SMILES string of the molecule is Cc1nccc(OC[C@@H]2CN(Cc3ccc(S(C)(=O)=O)cc3)[C@H]3c4ccccc4OC[C@@H]23)n1. The van der Waals surface area contributed by atoms with Gasteiger partial charge in [-0.1, -0.05) is 30.3 Å². The Morgan fingerprint density at radius 3 is 2.67 bits per heavy atom. The number of ether oxygens (including phenoxy) is 2. The summed E-state index contributed by atoms with van der Waals surface area (Å²) in [7, 11) is -3.21. The van der Waals surface area contributed by atoms with Gasteiger partial charge in [0.15, 0.2) is 9.84 Å². The van der Waals surface area contributed by atoms with Crippen molar-refractivity contribution in [2.24, 2.45) is 11.8 Å². The van der Waals surface area contributed by atoms with Crippen LogP contribution in [0.25, 0.3) is 0 Å². The summed E-state index contributed by atoms with van der Waals surface area (Å²) in [5, 5.41) is 0. The Hall–Kier alpha value is -2.97. The molecule has 0 saturated carbocycles. The van der Waals surface area contributed by atoms with Crippen LogP contribution in [0.2, 0.25) is 0 Å². The quantitative estimate of drug-likeness (QED) is 0.551. The number of para-hydroxylation sites is 1. The minimum atomic E-state index is -3.21. The third-order valence-electron chi connectivity index (χ3n) is 6.48. The third kappa shape index (κ3) is 4.58. The lowest BCUT2D eigenvalue weighted by Gasteiger charge is -2.34. The molecule has 33 heavy (non-hydrogen) atoms. The van der Waals surface area contributed by atoms with Crippen molar-refractivity contribution in [2.75, 3.05) is 26.0 Å². The van der Waals surface area contributed by atoms with Crippen LogP contribution in [0.5, 0.6) is 11.6 Å². The Bertz CT molecular complexity index is 1250. The number of fused-ring (bicyclic) bond motifs is 3. The molecule has 1 fully saturated rings. The van der Waals surface area contributed by atoms with Gasteiger partial charge in [0, 0.05) is 55.0 Å². The monoisotopic (exact) mass is 465 g/mol. The van der Waals surface area contributed by atoms with Crippen molar-refractivity contribution in [3.8, 4) is 11.6 Å². The first-order valence-corrected chi connectivity index (χ1v) is 12.9. The van der Waals surface area contributed by atoms with Gasteiger partial charge in [-0.05, 0) is 30.7 Å². The first-order valence-electron chi connectivity index (χ1n) is 11.1. The molecular weight excluding hydrogens is 438 g/mol. The zero-order valence-electron chi connectivity index (χ0n) is 18.7. The maximum Gasteiger partial charge on any atom is 0.216 e. The van der Waals surface area contributed by atoms with E-state index in [0.717, 1.165) is 24.4 Å². The zero-order valence-corrected chi connectivity index (χ0v) is 19.5. The average molecular weight is 466 g/mol. The van der Waals surface area contributed by atoms with Gasteiger partial charge in [-0.15, -0.1) is 0 Å². The summed E-state index contributed by atoms with van der Waals surface area (Å²) in [6, 6.07) is 17.4. The molecular formula is C25H27N3O4S. The van der Waals surface area contributed by atoms with Gasteiger partial charge >= 0.3 is 0 Å². The lowest BCUT2D eigenvalue weighted by atomic mass is 9.85. The second-order valence-corrected chi connectivity index (χ2v) is 10.8. The highest BCUT2D eigenvalue weighted by Gasteiger charge is 2.46. The molecule has 0 amide bonds. The van der Waals surface area contributed by atoms with Gasteiger partial charge in [0.1, 0.15) is 11.6 Å². The topological polar surface area (TPSA) is 81.6 Å². The van der Waals surface area contributed by atoms with E-state index in [1.807, 2.05) is 31.2 Å². The molecule has 3 atom stereocenters. The van der Waals surface area contributed by atoms with Gasteiger partial charge in [-0.25, -0.2) is 13.4 Å². The van der Waals surface area contributed by atoms with Crippen molar-refractivity contribution in [3.63, 3.8) is 0 Å². The van der Waals surface area contributed by atoms with Crippen LogP contribution in [-0.2, 0) is 16.4 Å². The second-order valence-electron chi connectivity index (χ2n) is 8.82. The average Bonchev–Trinajstić information content (AvgIpc) is 3.15. The van der Waals surface area contributed by atoms with Gasteiger partial charge in [-0.2, -0.15) is 4.98 Å². The Balaban J connectivity index is 1.39. The predicted molar refractivity (Wildman–Crippen MR) is 124 cm³/mol. The van der Waals surface area contributed by atoms with E-state index >= 15 is 0 Å². The molecule has 0 unspecified atom stereocenters. The van der Waals surface area contributed by atoms with E-state index in [1.54, 1.807) is 24.4 Å². The molecule has 0 aliphatic carbocycles. The highest BCUT2D eigenvalue weighted by Crippen LogP contribution is 2.47. The molecule has 3 aromatic rings. The van der Waals surface area contributed by atoms with Crippen molar-refractivity contribution >= 4 is 9.84 Å². The summed E-state index contributed by atoms with van der Waals surface area (Å²) in [5.41, 5.74) is 2.28. The molecule has 0 spiro atoms. The summed E-state index contributed by atoms with van der Waals surface area (Å²) >= 11 is 0. The molecule has 3 heterocycles. The number of aryl methyl sites for hydroxylation is 1. The maximum absolute atomic E-state index is 11.8. The van der Waals surface area contributed by atoms with Crippen LogP contribution in [0, 0.1) is 18.8 Å². The molecule has 172 valence electrons. The highest BCUT2D eigenvalue weighted by atomic mass is 32.2. The van der Waals surface area contributed by atoms with E-state index in [-0.39, 0.29) is 17.9 Å². The van der Waals surface area contributed by atoms with Gasteiger partial charge in [0.25, 0.3) is 0 Å². The molecule has 0 bridgehead atoms.